The molecule has 0 saturated heterocycles. The molecule has 0 aromatic heterocycles. The number of ether oxygens (including phenoxy) is 1. The lowest BCUT2D eigenvalue weighted by Crippen LogP contribution is -2.10. The average molecular weight is 320 g/mol. The normalized spacial score (nSPS) is 10.4. The van der Waals surface area contributed by atoms with Gasteiger partial charge in [0, 0.05) is 4.47 Å². The van der Waals surface area contributed by atoms with Crippen molar-refractivity contribution in [2.75, 3.05) is 13.6 Å². The summed E-state index contributed by atoms with van der Waals surface area (Å²) >= 11 is 3.44. The molecule has 0 bridgehead atoms. The molecule has 2 nitrogen and oxygen atoms in total. The van der Waals surface area contributed by atoms with E-state index in [1.54, 1.807) is 0 Å². The van der Waals surface area contributed by atoms with Gasteiger partial charge >= 0.3 is 0 Å². The van der Waals surface area contributed by atoms with Crippen molar-refractivity contribution in [3.63, 3.8) is 0 Å². The Morgan fingerprint density at radius 3 is 2.47 bits per heavy atom. The van der Waals surface area contributed by atoms with E-state index in [4.69, 9.17) is 4.74 Å². The fourth-order valence-electron chi connectivity index (χ4n) is 1.79. The molecule has 0 radical (unpaired) electrons. The Bertz CT molecular complexity index is 510. The third-order valence-electron chi connectivity index (χ3n) is 2.89. The van der Waals surface area contributed by atoms with E-state index in [0.717, 1.165) is 23.2 Å². The van der Waals surface area contributed by atoms with Gasteiger partial charge in [-0.15, -0.1) is 0 Å². The van der Waals surface area contributed by atoms with Gasteiger partial charge in [0.05, 0.1) is 0 Å². The minimum atomic E-state index is 0.600. The summed E-state index contributed by atoms with van der Waals surface area (Å²) in [6.07, 6.45) is 1.06. The zero-order valence-electron chi connectivity index (χ0n) is 11.0. The second-order valence-electron chi connectivity index (χ2n) is 4.42. The van der Waals surface area contributed by atoms with Crippen LogP contribution in [0, 0.1) is 0 Å². The average Bonchev–Trinajstić information content (AvgIpc) is 2.44. The molecule has 0 unspecified atom stereocenters. The highest BCUT2D eigenvalue weighted by Gasteiger charge is 1.98. The van der Waals surface area contributed by atoms with E-state index < -0.39 is 0 Å². The molecule has 0 fully saturated rings. The zero-order chi connectivity index (χ0) is 13.5. The van der Waals surface area contributed by atoms with Crippen LogP contribution in [0.3, 0.4) is 0 Å². The summed E-state index contributed by atoms with van der Waals surface area (Å²) in [5.41, 5.74) is 2.54. The molecule has 2 aromatic carbocycles. The van der Waals surface area contributed by atoms with Gasteiger partial charge < -0.3 is 10.1 Å². The number of benzene rings is 2. The van der Waals surface area contributed by atoms with E-state index in [2.05, 4.69) is 45.5 Å². The van der Waals surface area contributed by atoms with Crippen LogP contribution in [-0.2, 0) is 13.0 Å². The maximum absolute atomic E-state index is 5.75. The van der Waals surface area contributed by atoms with Gasteiger partial charge in [0.15, 0.2) is 0 Å². The SMILES string of the molecule is CNCCc1ccc(COc2cccc(Br)c2)cc1. The molecule has 0 spiro atoms. The zero-order valence-corrected chi connectivity index (χ0v) is 12.6. The van der Waals surface area contributed by atoms with Crippen molar-refractivity contribution in [3.05, 3.63) is 64.1 Å². The summed E-state index contributed by atoms with van der Waals surface area (Å²) < 4.78 is 6.79. The van der Waals surface area contributed by atoms with Crippen LogP contribution in [0.25, 0.3) is 0 Å². The van der Waals surface area contributed by atoms with E-state index in [1.807, 2.05) is 31.3 Å². The molecule has 0 amide bonds. The van der Waals surface area contributed by atoms with Gasteiger partial charge in [0.2, 0.25) is 0 Å². The van der Waals surface area contributed by atoms with Gasteiger partial charge in [-0.05, 0) is 49.3 Å². The van der Waals surface area contributed by atoms with Crippen LogP contribution in [0.15, 0.2) is 53.0 Å². The Hall–Kier alpha value is -1.32. The smallest absolute Gasteiger partial charge is 0.120 e. The highest BCUT2D eigenvalue weighted by molar-refractivity contribution is 9.10. The first-order valence-corrected chi connectivity index (χ1v) is 7.18. The van der Waals surface area contributed by atoms with Gasteiger partial charge in [-0.3, -0.25) is 0 Å². The van der Waals surface area contributed by atoms with Crippen molar-refractivity contribution < 1.29 is 4.74 Å². The summed E-state index contributed by atoms with van der Waals surface area (Å²) in [4.78, 5) is 0. The molecular weight excluding hydrogens is 302 g/mol. The molecule has 0 atom stereocenters. The first-order chi connectivity index (χ1) is 9.28. The largest absolute Gasteiger partial charge is 0.489 e. The lowest BCUT2D eigenvalue weighted by Gasteiger charge is -2.07. The molecule has 19 heavy (non-hydrogen) atoms. The minimum Gasteiger partial charge on any atom is -0.489 e. The molecule has 0 aliphatic rings. The lowest BCUT2D eigenvalue weighted by molar-refractivity contribution is 0.306. The van der Waals surface area contributed by atoms with E-state index in [0.29, 0.717) is 6.61 Å². The van der Waals surface area contributed by atoms with Gasteiger partial charge in [0.1, 0.15) is 12.4 Å². The maximum atomic E-state index is 5.75. The maximum Gasteiger partial charge on any atom is 0.120 e. The second kappa shape index (κ2) is 7.31. The highest BCUT2D eigenvalue weighted by atomic mass is 79.9. The van der Waals surface area contributed by atoms with Crippen LogP contribution in [-0.4, -0.2) is 13.6 Å². The standard InChI is InChI=1S/C16H18BrNO/c1-18-10-9-13-5-7-14(8-6-13)12-19-16-4-2-3-15(17)11-16/h2-8,11,18H,9-10,12H2,1H3. The van der Waals surface area contributed by atoms with Gasteiger partial charge in [0.25, 0.3) is 0 Å². The van der Waals surface area contributed by atoms with Gasteiger partial charge in [-0.2, -0.15) is 0 Å². The van der Waals surface area contributed by atoms with Crippen molar-refractivity contribution >= 4 is 15.9 Å². The minimum absolute atomic E-state index is 0.600. The van der Waals surface area contributed by atoms with Crippen LogP contribution >= 0.6 is 15.9 Å². The Morgan fingerprint density at radius 2 is 1.79 bits per heavy atom. The summed E-state index contributed by atoms with van der Waals surface area (Å²) in [6, 6.07) is 16.5. The number of hydrogen-bond acceptors (Lipinski definition) is 2. The molecule has 0 saturated carbocycles. The molecule has 0 aliphatic heterocycles. The molecule has 2 rings (SSSR count). The first kappa shape index (κ1) is 14.1. The summed E-state index contributed by atoms with van der Waals surface area (Å²) in [5, 5.41) is 3.15. The van der Waals surface area contributed by atoms with E-state index in [9.17, 15) is 0 Å². The molecule has 3 heteroatoms. The van der Waals surface area contributed by atoms with E-state index in [-0.39, 0.29) is 0 Å². The summed E-state index contributed by atoms with van der Waals surface area (Å²) in [5.74, 6) is 0.883. The summed E-state index contributed by atoms with van der Waals surface area (Å²) in [7, 11) is 1.97. The number of rotatable bonds is 6. The Kier molecular flexibility index (Phi) is 5.43. The number of nitrogens with one attached hydrogen (secondary N) is 1. The number of likely N-dealkylation sites (N-methyl/N-ethyl adjacent to an activating group) is 1. The molecule has 0 heterocycles. The van der Waals surface area contributed by atoms with Crippen LogP contribution in [0.1, 0.15) is 11.1 Å². The van der Waals surface area contributed by atoms with Crippen LogP contribution in [0.5, 0.6) is 5.75 Å². The molecule has 2 aromatic rings. The molecular formula is C16H18BrNO. The predicted octanol–water partition coefficient (Wildman–Crippen LogP) is 3.79. The van der Waals surface area contributed by atoms with Crippen molar-refractivity contribution in [2.45, 2.75) is 13.0 Å². The Morgan fingerprint density at radius 1 is 1.05 bits per heavy atom. The summed E-state index contributed by atoms with van der Waals surface area (Å²) in [6.45, 7) is 1.61. The number of halogens is 1. The van der Waals surface area contributed by atoms with Crippen molar-refractivity contribution in [1.29, 1.82) is 0 Å². The topological polar surface area (TPSA) is 21.3 Å². The van der Waals surface area contributed by atoms with Gasteiger partial charge in [-0.1, -0.05) is 46.3 Å². The van der Waals surface area contributed by atoms with Crippen molar-refractivity contribution in [2.24, 2.45) is 0 Å². The van der Waals surface area contributed by atoms with Gasteiger partial charge in [-0.25, -0.2) is 0 Å². The van der Waals surface area contributed by atoms with E-state index >= 15 is 0 Å². The Balaban J connectivity index is 1.89. The van der Waals surface area contributed by atoms with Crippen LogP contribution < -0.4 is 10.1 Å². The third-order valence-corrected chi connectivity index (χ3v) is 3.38. The fourth-order valence-corrected chi connectivity index (χ4v) is 2.17. The first-order valence-electron chi connectivity index (χ1n) is 6.39. The quantitative estimate of drug-likeness (QED) is 0.874. The monoisotopic (exact) mass is 319 g/mol. The highest BCUT2D eigenvalue weighted by Crippen LogP contribution is 2.19. The van der Waals surface area contributed by atoms with Crippen LogP contribution in [0.2, 0.25) is 0 Å². The van der Waals surface area contributed by atoms with Crippen molar-refractivity contribution in [1.82, 2.24) is 5.32 Å². The molecule has 1 N–H and O–H groups in total. The van der Waals surface area contributed by atoms with Crippen LogP contribution in [0.4, 0.5) is 0 Å². The number of hydrogen-bond donors (Lipinski definition) is 1. The Labute approximate surface area is 122 Å². The molecule has 0 aliphatic carbocycles. The third kappa shape index (κ3) is 4.69. The fraction of sp³-hybridized carbons (Fsp3) is 0.250. The van der Waals surface area contributed by atoms with Crippen molar-refractivity contribution in [3.8, 4) is 5.75 Å². The molecule has 100 valence electrons. The lowest BCUT2D eigenvalue weighted by atomic mass is 10.1. The predicted molar refractivity (Wildman–Crippen MR) is 82.5 cm³/mol. The second-order valence-corrected chi connectivity index (χ2v) is 5.33. The van der Waals surface area contributed by atoms with E-state index in [1.165, 1.54) is 11.1 Å².